The van der Waals surface area contributed by atoms with Gasteiger partial charge in [0.25, 0.3) is 0 Å². The number of halogens is 1. The zero-order valence-electron chi connectivity index (χ0n) is 17.3. The van der Waals surface area contributed by atoms with Crippen LogP contribution < -0.4 is 5.32 Å². The van der Waals surface area contributed by atoms with Crippen LogP contribution in [0.5, 0.6) is 0 Å². The smallest absolute Gasteiger partial charge is 0.220 e. The molecule has 1 N–H and O–H groups in total. The van der Waals surface area contributed by atoms with Gasteiger partial charge in [-0.25, -0.2) is 0 Å². The van der Waals surface area contributed by atoms with E-state index in [-0.39, 0.29) is 11.3 Å². The first-order valence-corrected chi connectivity index (χ1v) is 12.1. The van der Waals surface area contributed by atoms with Crippen LogP contribution in [-0.4, -0.2) is 41.4 Å². The molecule has 5 aliphatic rings. The first-order chi connectivity index (χ1) is 14.0. The number of carbonyl (C=O) groups excluding carboxylic acids is 1. The van der Waals surface area contributed by atoms with E-state index in [1.165, 1.54) is 49.7 Å². The van der Waals surface area contributed by atoms with Crippen LogP contribution in [-0.2, 0) is 22.6 Å². The Morgan fingerprint density at radius 1 is 1.14 bits per heavy atom. The van der Waals surface area contributed by atoms with Crippen LogP contribution in [0, 0.1) is 17.3 Å². The van der Waals surface area contributed by atoms with E-state index >= 15 is 0 Å². The summed E-state index contributed by atoms with van der Waals surface area (Å²) in [4.78, 5) is 15.3. The first-order valence-electron chi connectivity index (χ1n) is 11.3. The number of benzene rings is 1. The molecule has 4 bridgehead atoms. The molecule has 1 aromatic carbocycles. The van der Waals surface area contributed by atoms with Crippen LogP contribution in [0.1, 0.15) is 56.1 Å². The number of nitrogens with zero attached hydrogens (tertiary/aromatic N) is 1. The van der Waals surface area contributed by atoms with Crippen molar-refractivity contribution < 1.29 is 9.53 Å². The van der Waals surface area contributed by atoms with Crippen molar-refractivity contribution in [2.75, 3.05) is 26.3 Å². The van der Waals surface area contributed by atoms with E-state index in [4.69, 9.17) is 4.74 Å². The molecule has 1 aliphatic heterocycles. The molecule has 158 valence electrons. The highest BCUT2D eigenvalue weighted by Crippen LogP contribution is 2.65. The van der Waals surface area contributed by atoms with Gasteiger partial charge in [0, 0.05) is 36.9 Å². The Morgan fingerprint density at radius 3 is 2.59 bits per heavy atom. The lowest BCUT2D eigenvalue weighted by molar-refractivity contribution is -0.128. The molecule has 29 heavy (non-hydrogen) atoms. The quantitative estimate of drug-likeness (QED) is 0.644. The fourth-order valence-electron chi connectivity index (χ4n) is 7.00. The summed E-state index contributed by atoms with van der Waals surface area (Å²) in [6, 6.07) is 8.67. The van der Waals surface area contributed by atoms with E-state index in [1.54, 1.807) is 0 Å². The summed E-state index contributed by atoms with van der Waals surface area (Å²) in [6.07, 6.45) is 8.47. The Labute approximate surface area is 182 Å². The Hall–Kier alpha value is -0.910. The molecular weight excluding hydrogens is 428 g/mol. The SMILES string of the molecule is O=C(CC12CC3CC(CC(Br)(C3)C1)C2)NCc1cccc(CN2CCOCC2)c1. The van der Waals surface area contributed by atoms with Gasteiger partial charge < -0.3 is 10.1 Å². The molecule has 5 fully saturated rings. The van der Waals surface area contributed by atoms with E-state index in [0.717, 1.165) is 44.7 Å². The number of alkyl halides is 1. The van der Waals surface area contributed by atoms with Crippen LogP contribution in [0.25, 0.3) is 0 Å². The summed E-state index contributed by atoms with van der Waals surface area (Å²) >= 11 is 4.06. The lowest BCUT2D eigenvalue weighted by Gasteiger charge is -2.60. The molecule has 0 spiro atoms. The fourth-order valence-corrected chi connectivity index (χ4v) is 8.51. The minimum atomic E-state index is 0.238. The van der Waals surface area contributed by atoms with Gasteiger partial charge >= 0.3 is 0 Å². The molecule has 0 aromatic heterocycles. The summed E-state index contributed by atoms with van der Waals surface area (Å²) in [7, 11) is 0. The Kier molecular flexibility index (Phi) is 5.50. The minimum absolute atomic E-state index is 0.238. The molecule has 4 aliphatic carbocycles. The molecule has 6 rings (SSSR count). The normalized spacial score (nSPS) is 36.3. The van der Waals surface area contributed by atoms with Crippen LogP contribution in [0.15, 0.2) is 24.3 Å². The number of nitrogens with one attached hydrogen (secondary N) is 1. The van der Waals surface area contributed by atoms with E-state index in [1.807, 2.05) is 0 Å². The third-order valence-corrected chi connectivity index (χ3v) is 8.57. The van der Waals surface area contributed by atoms with Gasteiger partial charge in [-0.15, -0.1) is 0 Å². The largest absolute Gasteiger partial charge is 0.379 e. The summed E-state index contributed by atoms with van der Waals surface area (Å²) in [5, 5.41) is 3.23. The highest BCUT2D eigenvalue weighted by molar-refractivity contribution is 9.10. The van der Waals surface area contributed by atoms with Crippen LogP contribution in [0.2, 0.25) is 0 Å². The number of hydrogen-bond donors (Lipinski definition) is 1. The summed E-state index contributed by atoms with van der Waals surface area (Å²) in [6.45, 7) is 5.26. The second-order valence-electron chi connectivity index (χ2n) is 10.3. The van der Waals surface area contributed by atoms with E-state index in [0.29, 0.717) is 17.3 Å². The standard InChI is InChI=1S/C24H33BrN2O2/c25-24-12-20-9-21(13-24)11-23(10-20,17-24)14-22(28)26-15-18-2-1-3-19(8-18)16-27-4-6-29-7-5-27/h1-3,8,20-21H,4-7,9-17H2,(H,26,28). The average molecular weight is 461 g/mol. The molecule has 1 heterocycles. The fraction of sp³-hybridized carbons (Fsp3) is 0.708. The number of morpholine rings is 1. The zero-order chi connectivity index (χ0) is 19.9. The number of carbonyl (C=O) groups is 1. The third-order valence-electron chi connectivity index (χ3n) is 7.64. The van der Waals surface area contributed by atoms with Gasteiger partial charge in [-0.2, -0.15) is 0 Å². The van der Waals surface area contributed by atoms with Crippen molar-refractivity contribution in [1.82, 2.24) is 10.2 Å². The predicted octanol–water partition coefficient (Wildman–Crippen LogP) is 4.26. The van der Waals surface area contributed by atoms with Crippen molar-refractivity contribution in [3.05, 3.63) is 35.4 Å². The van der Waals surface area contributed by atoms with E-state index in [9.17, 15) is 4.79 Å². The van der Waals surface area contributed by atoms with Gasteiger partial charge in [-0.3, -0.25) is 9.69 Å². The van der Waals surface area contributed by atoms with Crippen molar-refractivity contribution in [1.29, 1.82) is 0 Å². The van der Waals surface area contributed by atoms with E-state index < -0.39 is 0 Å². The van der Waals surface area contributed by atoms with Gasteiger partial charge in [0.05, 0.1) is 13.2 Å². The first kappa shape index (κ1) is 20.0. The third kappa shape index (κ3) is 4.57. The molecular formula is C24H33BrN2O2. The number of rotatable bonds is 6. The van der Waals surface area contributed by atoms with Crippen molar-refractivity contribution >= 4 is 21.8 Å². The van der Waals surface area contributed by atoms with Gasteiger partial charge in [0.1, 0.15) is 0 Å². The molecule has 2 atom stereocenters. The second-order valence-corrected chi connectivity index (χ2v) is 12.0. The maximum atomic E-state index is 12.9. The van der Waals surface area contributed by atoms with Crippen LogP contribution in [0.4, 0.5) is 0 Å². The van der Waals surface area contributed by atoms with Gasteiger partial charge in [0.2, 0.25) is 5.91 Å². The van der Waals surface area contributed by atoms with Crippen molar-refractivity contribution in [3.63, 3.8) is 0 Å². The maximum absolute atomic E-state index is 12.9. The maximum Gasteiger partial charge on any atom is 0.220 e. The van der Waals surface area contributed by atoms with Crippen LogP contribution >= 0.6 is 15.9 Å². The topological polar surface area (TPSA) is 41.6 Å². The summed E-state index contributed by atoms with van der Waals surface area (Å²) in [5.41, 5.74) is 2.77. The number of amides is 1. The van der Waals surface area contributed by atoms with Crippen molar-refractivity contribution in [2.45, 2.75) is 62.4 Å². The molecule has 1 amide bonds. The lowest BCUT2D eigenvalue weighted by Crippen LogP contribution is -2.54. The zero-order valence-corrected chi connectivity index (χ0v) is 18.9. The molecule has 1 saturated heterocycles. The Bertz CT molecular complexity index is 747. The van der Waals surface area contributed by atoms with Crippen molar-refractivity contribution in [3.8, 4) is 0 Å². The van der Waals surface area contributed by atoms with Gasteiger partial charge in [-0.05, 0) is 66.9 Å². The highest BCUT2D eigenvalue weighted by Gasteiger charge is 2.57. The summed E-state index contributed by atoms with van der Waals surface area (Å²) in [5.74, 6) is 1.90. The van der Waals surface area contributed by atoms with E-state index in [2.05, 4.69) is 50.4 Å². The molecule has 1 aromatic rings. The van der Waals surface area contributed by atoms with Gasteiger partial charge in [0.15, 0.2) is 0 Å². The predicted molar refractivity (Wildman–Crippen MR) is 118 cm³/mol. The number of ether oxygens (including phenoxy) is 1. The molecule has 4 nitrogen and oxygen atoms in total. The average Bonchev–Trinajstić information content (AvgIpc) is 2.65. The van der Waals surface area contributed by atoms with Crippen LogP contribution in [0.3, 0.4) is 0 Å². The number of hydrogen-bond acceptors (Lipinski definition) is 3. The monoisotopic (exact) mass is 460 g/mol. The summed E-state index contributed by atoms with van der Waals surface area (Å²) < 4.78 is 5.76. The van der Waals surface area contributed by atoms with Crippen molar-refractivity contribution in [2.24, 2.45) is 17.3 Å². The molecule has 4 saturated carbocycles. The molecule has 5 heteroatoms. The Morgan fingerprint density at radius 2 is 1.86 bits per heavy atom. The Balaban J connectivity index is 1.16. The minimum Gasteiger partial charge on any atom is -0.379 e. The highest BCUT2D eigenvalue weighted by atomic mass is 79.9. The molecule has 2 unspecified atom stereocenters. The lowest BCUT2D eigenvalue weighted by atomic mass is 9.48. The second kappa shape index (κ2) is 7.97. The molecule has 0 radical (unpaired) electrons. The van der Waals surface area contributed by atoms with Gasteiger partial charge in [-0.1, -0.05) is 40.2 Å².